The summed E-state index contributed by atoms with van der Waals surface area (Å²) in [4.78, 5) is 2.24. The van der Waals surface area contributed by atoms with Gasteiger partial charge in [-0.15, -0.1) is 0 Å². The second-order valence-electron chi connectivity index (χ2n) is 7.36. The lowest BCUT2D eigenvalue weighted by Crippen LogP contribution is -2.18. The first-order valence-electron chi connectivity index (χ1n) is 13.1. The minimum absolute atomic E-state index is 1.04. The summed E-state index contributed by atoms with van der Waals surface area (Å²) in [5, 5.41) is 0. The molecule has 0 radical (unpaired) electrons. The Bertz CT molecular complexity index is 1140. The van der Waals surface area contributed by atoms with Gasteiger partial charge in [0.1, 0.15) is 0 Å². The number of aryl methyl sites for hydroxylation is 2. The average molecular weight is 482 g/mol. The van der Waals surface area contributed by atoms with Gasteiger partial charge >= 0.3 is 0 Å². The lowest BCUT2D eigenvalue weighted by Gasteiger charge is -2.27. The molecule has 0 amide bonds. The molecule has 0 saturated heterocycles. The molecule has 0 N–H and O–H groups in total. The van der Waals surface area contributed by atoms with E-state index in [0.717, 1.165) is 39.2 Å². The SMILES string of the molecule is C=C/C=C\c1c(C)ccc2c1N(C)C(C=C)=C(c1ccccc1C)C(C=C)=C2C=C.CC.CC.CC. The number of hydrogen-bond acceptors (Lipinski definition) is 1. The van der Waals surface area contributed by atoms with E-state index in [1.54, 1.807) is 6.08 Å². The minimum atomic E-state index is 1.04. The van der Waals surface area contributed by atoms with Crippen LogP contribution < -0.4 is 4.90 Å². The molecule has 0 aliphatic carbocycles. The highest BCUT2D eigenvalue weighted by atomic mass is 15.1. The van der Waals surface area contributed by atoms with Gasteiger partial charge in [-0.25, -0.2) is 0 Å². The summed E-state index contributed by atoms with van der Waals surface area (Å²) >= 11 is 0. The highest BCUT2D eigenvalue weighted by molar-refractivity contribution is 6.04. The molecule has 3 rings (SSSR count). The molecular weight excluding hydrogens is 434 g/mol. The third-order valence-electron chi connectivity index (χ3n) is 5.65. The quantitative estimate of drug-likeness (QED) is 0.371. The van der Waals surface area contributed by atoms with Crippen molar-refractivity contribution >= 4 is 22.9 Å². The molecule has 36 heavy (non-hydrogen) atoms. The zero-order valence-electron chi connectivity index (χ0n) is 24.2. The van der Waals surface area contributed by atoms with Crippen LogP contribution in [0.3, 0.4) is 0 Å². The fraction of sp³-hybridized carbons (Fsp3) is 0.257. The number of hydrogen-bond donors (Lipinski definition) is 0. The van der Waals surface area contributed by atoms with Crippen LogP contribution in [-0.4, -0.2) is 7.05 Å². The van der Waals surface area contributed by atoms with Crippen molar-refractivity contribution in [2.45, 2.75) is 55.4 Å². The van der Waals surface area contributed by atoms with Gasteiger partial charge in [0, 0.05) is 29.4 Å². The molecule has 1 aliphatic rings. The van der Waals surface area contributed by atoms with Crippen LogP contribution >= 0.6 is 0 Å². The van der Waals surface area contributed by atoms with Gasteiger partial charge in [-0.3, -0.25) is 0 Å². The zero-order chi connectivity index (χ0) is 27.8. The van der Waals surface area contributed by atoms with Crippen molar-refractivity contribution in [1.29, 1.82) is 0 Å². The number of fused-ring (bicyclic) bond motifs is 1. The standard InChI is InChI=1S/C29H29N.3C2H6/c1-8-12-16-25-21(6)18-19-26-22(9-2)23(10-3)28(24-17-14-13-15-20(24)5)27(11-4)30(7)29(25)26;3*1-2/h8-19H,1-4H2,5-7H3;3*1-2H3/b16-12-;;;. The Morgan fingerprint density at radius 1 is 0.667 bits per heavy atom. The van der Waals surface area contributed by atoms with Crippen molar-refractivity contribution in [2.24, 2.45) is 0 Å². The van der Waals surface area contributed by atoms with E-state index in [1.165, 1.54) is 16.7 Å². The second kappa shape index (κ2) is 16.9. The largest absolute Gasteiger partial charge is 0.343 e. The maximum absolute atomic E-state index is 4.17. The Morgan fingerprint density at radius 3 is 1.75 bits per heavy atom. The Balaban J connectivity index is 0.00000190. The van der Waals surface area contributed by atoms with Gasteiger partial charge in [-0.2, -0.15) is 0 Å². The molecule has 1 heterocycles. The summed E-state index contributed by atoms with van der Waals surface area (Å²) in [5.41, 5.74) is 11.3. The second-order valence-corrected chi connectivity index (χ2v) is 7.36. The first-order valence-corrected chi connectivity index (χ1v) is 13.1. The molecule has 2 aromatic rings. The molecule has 192 valence electrons. The van der Waals surface area contributed by atoms with Crippen molar-refractivity contribution in [3.8, 4) is 0 Å². The number of likely N-dealkylation sites (N-methyl/N-ethyl adjacent to an activating group) is 1. The van der Waals surface area contributed by atoms with Crippen LogP contribution in [0.5, 0.6) is 0 Å². The van der Waals surface area contributed by atoms with E-state index in [-0.39, 0.29) is 0 Å². The van der Waals surface area contributed by atoms with Gasteiger partial charge in [0.05, 0.1) is 5.69 Å². The number of benzene rings is 2. The van der Waals surface area contributed by atoms with Crippen LogP contribution in [0.15, 0.2) is 104 Å². The van der Waals surface area contributed by atoms with Crippen molar-refractivity contribution in [3.63, 3.8) is 0 Å². The van der Waals surface area contributed by atoms with Crippen LogP contribution in [0.4, 0.5) is 5.69 Å². The molecule has 0 aromatic heterocycles. The minimum Gasteiger partial charge on any atom is -0.343 e. The predicted molar refractivity (Wildman–Crippen MR) is 168 cm³/mol. The molecule has 1 nitrogen and oxygen atoms in total. The van der Waals surface area contributed by atoms with Gasteiger partial charge in [0.15, 0.2) is 0 Å². The van der Waals surface area contributed by atoms with E-state index in [0.29, 0.717) is 0 Å². The molecule has 0 atom stereocenters. The Kier molecular flexibility index (Phi) is 15.3. The monoisotopic (exact) mass is 481 g/mol. The number of allylic oxidation sites excluding steroid dienone is 8. The molecule has 0 unspecified atom stereocenters. The highest BCUT2D eigenvalue weighted by Gasteiger charge is 2.27. The molecule has 1 aliphatic heterocycles. The summed E-state index contributed by atoms with van der Waals surface area (Å²) in [6.45, 7) is 32.6. The van der Waals surface area contributed by atoms with Gasteiger partial charge in [-0.05, 0) is 47.8 Å². The van der Waals surface area contributed by atoms with E-state index in [4.69, 9.17) is 0 Å². The predicted octanol–water partition coefficient (Wildman–Crippen LogP) is 10.8. The fourth-order valence-electron chi connectivity index (χ4n) is 4.18. The first-order chi connectivity index (χ1) is 17.5. The van der Waals surface area contributed by atoms with E-state index in [2.05, 4.69) is 94.6 Å². The van der Waals surface area contributed by atoms with Crippen LogP contribution in [0.25, 0.3) is 17.2 Å². The number of rotatable bonds is 6. The van der Waals surface area contributed by atoms with E-state index in [9.17, 15) is 0 Å². The summed E-state index contributed by atoms with van der Waals surface area (Å²) < 4.78 is 0. The number of nitrogens with zero attached hydrogens (tertiary/aromatic N) is 1. The van der Waals surface area contributed by atoms with Crippen LogP contribution in [0.2, 0.25) is 0 Å². The van der Waals surface area contributed by atoms with E-state index >= 15 is 0 Å². The summed E-state index contributed by atoms with van der Waals surface area (Å²) in [6, 6.07) is 12.8. The fourth-order valence-corrected chi connectivity index (χ4v) is 4.18. The summed E-state index contributed by atoms with van der Waals surface area (Å²) in [5.74, 6) is 0. The molecule has 0 bridgehead atoms. The topological polar surface area (TPSA) is 3.24 Å². The lowest BCUT2D eigenvalue weighted by molar-refractivity contribution is 1.13. The van der Waals surface area contributed by atoms with Crippen molar-refractivity contribution in [1.82, 2.24) is 0 Å². The average Bonchev–Trinajstić information content (AvgIpc) is 3.03. The van der Waals surface area contributed by atoms with Gasteiger partial charge in [0.25, 0.3) is 0 Å². The van der Waals surface area contributed by atoms with Crippen LogP contribution in [-0.2, 0) is 0 Å². The van der Waals surface area contributed by atoms with Crippen molar-refractivity contribution < 1.29 is 0 Å². The smallest absolute Gasteiger partial charge is 0.0564 e. The third-order valence-corrected chi connectivity index (χ3v) is 5.65. The maximum atomic E-state index is 4.17. The first kappa shape index (κ1) is 32.4. The molecule has 0 spiro atoms. The third kappa shape index (κ3) is 6.76. The lowest BCUT2D eigenvalue weighted by atomic mass is 9.87. The highest BCUT2D eigenvalue weighted by Crippen LogP contribution is 2.45. The molecule has 1 heteroatoms. The van der Waals surface area contributed by atoms with Gasteiger partial charge in [-0.1, -0.05) is 135 Å². The summed E-state index contributed by atoms with van der Waals surface area (Å²) in [7, 11) is 2.10. The van der Waals surface area contributed by atoms with Gasteiger partial charge < -0.3 is 4.90 Å². The molecule has 2 aromatic carbocycles. The van der Waals surface area contributed by atoms with Crippen molar-refractivity contribution in [3.05, 3.63) is 132 Å². The normalized spacial score (nSPS) is 12.1. The molecule has 0 fully saturated rings. The molecule has 0 saturated carbocycles. The van der Waals surface area contributed by atoms with Crippen molar-refractivity contribution in [2.75, 3.05) is 11.9 Å². The van der Waals surface area contributed by atoms with Crippen LogP contribution in [0, 0.1) is 13.8 Å². The van der Waals surface area contributed by atoms with E-state index < -0.39 is 0 Å². The Morgan fingerprint density at radius 2 is 1.25 bits per heavy atom. The Hall–Kier alpha value is -3.58. The molecular formula is C35H47N. The van der Waals surface area contributed by atoms with Crippen LogP contribution in [0.1, 0.15) is 69.4 Å². The van der Waals surface area contributed by atoms with Gasteiger partial charge in [0.2, 0.25) is 0 Å². The maximum Gasteiger partial charge on any atom is 0.0564 e. The van der Waals surface area contributed by atoms with E-state index in [1.807, 2.05) is 65.8 Å². The number of anilines is 1. The zero-order valence-corrected chi connectivity index (χ0v) is 24.2. The summed E-state index contributed by atoms with van der Waals surface area (Å²) in [6.07, 6.45) is 11.7. The Labute approximate surface area is 222 Å².